The van der Waals surface area contributed by atoms with Crippen LogP contribution in [0.5, 0.6) is 0 Å². The molecule has 3 aliphatic rings. The molecule has 1 saturated carbocycles. The molecule has 4 rings (SSSR count). The highest BCUT2D eigenvalue weighted by Crippen LogP contribution is 2.68. The Hall–Kier alpha value is -1.00. The Kier molecular flexibility index (Phi) is 3.60. The van der Waals surface area contributed by atoms with E-state index in [0.717, 1.165) is 11.1 Å². The fraction of sp³-hybridized carbons (Fsp3) is 0.444. The number of rotatable bonds is 0. The maximum Gasteiger partial charge on any atom is 0.197 e. The number of hydrogen-bond acceptors (Lipinski definition) is 0. The molecule has 3 aliphatic carbocycles. The van der Waals surface area contributed by atoms with E-state index in [1.54, 1.807) is 12.2 Å². The third kappa shape index (κ3) is 1.82. The molecule has 1 fully saturated rings. The van der Waals surface area contributed by atoms with Crippen LogP contribution >= 0.6 is 23.2 Å². The molecule has 1 aromatic carbocycles. The van der Waals surface area contributed by atoms with E-state index in [1.165, 1.54) is 0 Å². The summed E-state index contributed by atoms with van der Waals surface area (Å²) in [4.78, 5) is 0. The topological polar surface area (TPSA) is 0 Å². The molecule has 0 heterocycles. The summed E-state index contributed by atoms with van der Waals surface area (Å²) in [6.07, 6.45) is 3.50. The van der Waals surface area contributed by atoms with E-state index < -0.39 is 45.9 Å². The molecule has 128 valence electrons. The summed E-state index contributed by atoms with van der Waals surface area (Å²) < 4.78 is 56.7. The van der Waals surface area contributed by atoms with E-state index in [2.05, 4.69) is 0 Å². The van der Waals surface area contributed by atoms with E-state index in [0.29, 0.717) is 0 Å². The van der Waals surface area contributed by atoms with Crippen LogP contribution in [0.2, 0.25) is 0 Å². The van der Waals surface area contributed by atoms with E-state index in [4.69, 9.17) is 23.2 Å². The summed E-state index contributed by atoms with van der Waals surface area (Å²) in [5.74, 6) is -7.81. The maximum absolute atomic E-state index is 14.5. The molecule has 0 aliphatic heterocycles. The lowest BCUT2D eigenvalue weighted by Crippen LogP contribution is -2.37. The predicted molar refractivity (Wildman–Crippen MR) is 85.5 cm³/mol. The first-order chi connectivity index (χ1) is 11.3. The Bertz CT molecular complexity index is 751. The molecule has 0 nitrogen and oxygen atoms in total. The van der Waals surface area contributed by atoms with E-state index in [-0.39, 0.29) is 23.0 Å². The van der Waals surface area contributed by atoms with Crippen LogP contribution in [0.15, 0.2) is 23.3 Å². The van der Waals surface area contributed by atoms with Gasteiger partial charge in [0.15, 0.2) is 23.3 Å². The molecule has 6 heteroatoms. The van der Waals surface area contributed by atoms with Gasteiger partial charge in [0.05, 0.1) is 10.8 Å². The Morgan fingerprint density at radius 2 is 1.12 bits per heavy atom. The van der Waals surface area contributed by atoms with Crippen molar-refractivity contribution in [3.8, 4) is 0 Å². The van der Waals surface area contributed by atoms with Gasteiger partial charge < -0.3 is 0 Å². The minimum Gasteiger partial charge on any atom is -0.203 e. The zero-order valence-corrected chi connectivity index (χ0v) is 14.4. The van der Waals surface area contributed by atoms with Crippen LogP contribution in [0.3, 0.4) is 0 Å². The van der Waals surface area contributed by atoms with Gasteiger partial charge in [0.25, 0.3) is 0 Å². The SMILES string of the molecule is CC(C)=C1[C@H]2c3c(F)c(F)c(F)c(F)c3[C@H]1[C@H]1[C@@H]2[C@@H](Cl)C=C[C@H]1Cl. The highest BCUT2D eigenvalue weighted by molar-refractivity contribution is 6.24. The number of hydrogen-bond donors (Lipinski definition) is 0. The van der Waals surface area contributed by atoms with Crippen LogP contribution in [0.1, 0.15) is 36.8 Å². The standard InChI is InChI=1S/C18H14Cl2F4/c1-5(2)8-11-9-6(19)3-4-7(20)10(9)12(8)14-13(11)15(21)17(23)18(24)16(14)22/h3-4,6-7,9-12H,1-2H3/t6-,7+,9-,10+,11-,12-/m1/s1. The third-order valence-corrected chi connectivity index (χ3v) is 6.51. The third-order valence-electron chi connectivity index (χ3n) is 5.64. The van der Waals surface area contributed by atoms with Crippen molar-refractivity contribution in [2.24, 2.45) is 11.8 Å². The number of benzene rings is 1. The highest BCUT2D eigenvalue weighted by atomic mass is 35.5. The van der Waals surface area contributed by atoms with Gasteiger partial charge in [-0.1, -0.05) is 23.3 Å². The fourth-order valence-electron chi connectivity index (χ4n) is 4.91. The van der Waals surface area contributed by atoms with Crippen molar-refractivity contribution in [3.05, 3.63) is 57.7 Å². The monoisotopic (exact) mass is 376 g/mol. The Labute approximate surface area is 147 Å². The number of halogens is 6. The molecular weight excluding hydrogens is 363 g/mol. The van der Waals surface area contributed by atoms with Gasteiger partial charge in [-0.25, -0.2) is 17.6 Å². The summed E-state index contributed by atoms with van der Waals surface area (Å²) >= 11 is 12.8. The maximum atomic E-state index is 14.5. The second-order valence-corrected chi connectivity index (χ2v) is 7.93. The summed E-state index contributed by atoms with van der Waals surface area (Å²) in [7, 11) is 0. The van der Waals surface area contributed by atoms with E-state index in [9.17, 15) is 17.6 Å². The van der Waals surface area contributed by atoms with Crippen molar-refractivity contribution in [2.75, 3.05) is 0 Å². The molecule has 0 amide bonds. The second-order valence-electron chi connectivity index (χ2n) is 6.92. The minimum atomic E-state index is -1.76. The van der Waals surface area contributed by atoms with Gasteiger partial charge in [0, 0.05) is 23.0 Å². The molecule has 0 aromatic heterocycles. The molecular formula is C18H14Cl2F4. The van der Waals surface area contributed by atoms with Gasteiger partial charge in [-0.15, -0.1) is 23.2 Å². The minimum absolute atomic E-state index is 0.0846. The Balaban J connectivity index is 2.07. The molecule has 0 spiro atoms. The fourth-order valence-corrected chi connectivity index (χ4v) is 5.70. The number of alkyl halides is 2. The van der Waals surface area contributed by atoms with Crippen LogP contribution in [0.25, 0.3) is 0 Å². The van der Waals surface area contributed by atoms with Crippen LogP contribution in [-0.2, 0) is 0 Å². The Morgan fingerprint density at radius 1 is 0.750 bits per heavy atom. The molecule has 0 unspecified atom stereocenters. The largest absolute Gasteiger partial charge is 0.203 e. The van der Waals surface area contributed by atoms with Crippen LogP contribution in [-0.4, -0.2) is 10.8 Å². The van der Waals surface area contributed by atoms with Crippen molar-refractivity contribution < 1.29 is 17.6 Å². The second kappa shape index (κ2) is 5.25. The summed E-state index contributed by atoms with van der Waals surface area (Å²) in [6.45, 7) is 3.67. The molecule has 6 atom stereocenters. The van der Waals surface area contributed by atoms with Gasteiger partial charge in [-0.3, -0.25) is 0 Å². The number of fused-ring (bicyclic) bond motifs is 8. The van der Waals surface area contributed by atoms with Gasteiger partial charge in [0.1, 0.15) is 0 Å². The van der Waals surface area contributed by atoms with Crippen LogP contribution in [0, 0.1) is 35.1 Å². The average Bonchev–Trinajstić information content (AvgIpc) is 3.06. The van der Waals surface area contributed by atoms with Crippen LogP contribution < -0.4 is 0 Å². The average molecular weight is 377 g/mol. The smallest absolute Gasteiger partial charge is 0.197 e. The van der Waals surface area contributed by atoms with Crippen molar-refractivity contribution in [1.82, 2.24) is 0 Å². The zero-order valence-electron chi connectivity index (χ0n) is 12.9. The van der Waals surface area contributed by atoms with E-state index in [1.807, 2.05) is 13.8 Å². The van der Waals surface area contributed by atoms with E-state index >= 15 is 0 Å². The lowest BCUT2D eigenvalue weighted by molar-refractivity contribution is 0.303. The van der Waals surface area contributed by atoms with Gasteiger partial charge >= 0.3 is 0 Å². The molecule has 24 heavy (non-hydrogen) atoms. The molecule has 2 bridgehead atoms. The first-order valence-corrected chi connectivity index (χ1v) is 8.64. The first-order valence-electron chi connectivity index (χ1n) is 7.76. The summed E-state index contributed by atoms with van der Waals surface area (Å²) in [5.41, 5.74) is 1.50. The molecule has 0 radical (unpaired) electrons. The van der Waals surface area contributed by atoms with Gasteiger partial charge in [-0.05, 0) is 25.7 Å². The molecule has 0 N–H and O–H groups in total. The molecule has 0 saturated heterocycles. The lowest BCUT2D eigenvalue weighted by Gasteiger charge is -2.38. The van der Waals surface area contributed by atoms with Crippen molar-refractivity contribution >= 4 is 23.2 Å². The number of allylic oxidation sites excluding steroid dienone is 4. The van der Waals surface area contributed by atoms with Gasteiger partial charge in [0.2, 0.25) is 0 Å². The normalized spacial score (nSPS) is 36.1. The quantitative estimate of drug-likeness (QED) is 0.177. The zero-order chi connectivity index (χ0) is 17.5. The van der Waals surface area contributed by atoms with Crippen molar-refractivity contribution in [2.45, 2.75) is 36.4 Å². The predicted octanol–water partition coefficient (Wildman–Crippen LogP) is 5.79. The Morgan fingerprint density at radius 3 is 1.46 bits per heavy atom. The first kappa shape index (κ1) is 16.5. The molecule has 1 aromatic rings. The van der Waals surface area contributed by atoms with Crippen LogP contribution in [0.4, 0.5) is 17.6 Å². The van der Waals surface area contributed by atoms with Gasteiger partial charge in [-0.2, -0.15) is 0 Å². The summed E-state index contributed by atoms with van der Waals surface area (Å²) in [6, 6.07) is 0. The summed E-state index contributed by atoms with van der Waals surface area (Å²) in [5, 5.41) is -0.837. The van der Waals surface area contributed by atoms with Crippen molar-refractivity contribution in [3.63, 3.8) is 0 Å². The lowest BCUT2D eigenvalue weighted by atomic mass is 9.70. The highest BCUT2D eigenvalue weighted by Gasteiger charge is 2.61. The van der Waals surface area contributed by atoms with Crippen molar-refractivity contribution in [1.29, 1.82) is 0 Å².